The molecule has 5 nitrogen and oxygen atoms in total. The molecule has 1 aliphatic carbocycles. The van der Waals surface area contributed by atoms with E-state index < -0.39 is 11.4 Å². The molecule has 18 heavy (non-hydrogen) atoms. The van der Waals surface area contributed by atoms with Gasteiger partial charge in [0.1, 0.15) is 0 Å². The molecular weight excluding hydrogens is 232 g/mol. The van der Waals surface area contributed by atoms with Gasteiger partial charge in [-0.1, -0.05) is 12.8 Å². The normalized spacial score (nSPS) is 36.3. The second-order valence-corrected chi connectivity index (χ2v) is 5.72. The highest BCUT2D eigenvalue weighted by Crippen LogP contribution is 2.36. The second-order valence-electron chi connectivity index (χ2n) is 5.72. The molecular formula is C13H22N2O3. The number of carbonyl (C=O) groups is 2. The zero-order valence-electron chi connectivity index (χ0n) is 10.9. The number of amides is 1. The molecule has 1 saturated carbocycles. The van der Waals surface area contributed by atoms with E-state index in [2.05, 4.69) is 10.6 Å². The van der Waals surface area contributed by atoms with Crippen molar-refractivity contribution in [3.05, 3.63) is 0 Å². The molecule has 5 heteroatoms. The molecule has 1 heterocycles. The fraction of sp³-hybridized carbons (Fsp3) is 0.846. The van der Waals surface area contributed by atoms with Crippen molar-refractivity contribution < 1.29 is 14.7 Å². The summed E-state index contributed by atoms with van der Waals surface area (Å²) in [6.07, 6.45) is 4.20. The monoisotopic (exact) mass is 254 g/mol. The number of nitrogens with one attached hydrogen (secondary N) is 2. The molecule has 3 unspecified atom stereocenters. The summed E-state index contributed by atoms with van der Waals surface area (Å²) >= 11 is 0. The zero-order chi connectivity index (χ0) is 13.2. The van der Waals surface area contributed by atoms with Gasteiger partial charge in [0, 0.05) is 12.6 Å². The Balaban J connectivity index is 2.01. The van der Waals surface area contributed by atoms with Gasteiger partial charge in [-0.3, -0.25) is 9.59 Å². The Kier molecular flexibility index (Phi) is 3.90. The molecule has 1 aliphatic heterocycles. The van der Waals surface area contributed by atoms with Crippen molar-refractivity contribution in [1.29, 1.82) is 0 Å². The highest BCUT2D eigenvalue weighted by Gasteiger charge is 2.44. The van der Waals surface area contributed by atoms with Gasteiger partial charge in [0.25, 0.3) is 0 Å². The highest BCUT2D eigenvalue weighted by molar-refractivity contribution is 5.82. The van der Waals surface area contributed by atoms with Crippen LogP contribution in [0.3, 0.4) is 0 Å². The largest absolute Gasteiger partial charge is 0.481 e. The summed E-state index contributed by atoms with van der Waals surface area (Å²) in [5.41, 5.74) is -0.806. The Morgan fingerprint density at radius 3 is 2.72 bits per heavy atom. The lowest BCUT2D eigenvalue weighted by atomic mass is 9.71. The van der Waals surface area contributed by atoms with Gasteiger partial charge in [-0.05, 0) is 32.7 Å². The number of carboxylic acid groups (broad SMARTS) is 1. The van der Waals surface area contributed by atoms with Gasteiger partial charge in [0.2, 0.25) is 5.91 Å². The van der Waals surface area contributed by atoms with Crippen LogP contribution in [0.5, 0.6) is 0 Å². The third-order valence-electron chi connectivity index (χ3n) is 4.44. The van der Waals surface area contributed by atoms with Crippen molar-refractivity contribution in [2.45, 2.75) is 45.1 Å². The molecule has 0 radical (unpaired) electrons. The van der Waals surface area contributed by atoms with Gasteiger partial charge >= 0.3 is 5.97 Å². The van der Waals surface area contributed by atoms with Crippen LogP contribution in [0.15, 0.2) is 0 Å². The summed E-state index contributed by atoms with van der Waals surface area (Å²) in [5.74, 6) is -0.776. The molecule has 1 amide bonds. The summed E-state index contributed by atoms with van der Waals surface area (Å²) < 4.78 is 0. The molecule has 1 saturated heterocycles. The van der Waals surface area contributed by atoms with Gasteiger partial charge in [-0.15, -0.1) is 0 Å². The maximum atomic E-state index is 12.1. The molecule has 2 rings (SSSR count). The van der Waals surface area contributed by atoms with Gasteiger partial charge in [-0.2, -0.15) is 0 Å². The summed E-state index contributed by atoms with van der Waals surface area (Å²) in [4.78, 5) is 23.5. The number of rotatable bonds is 3. The lowest BCUT2D eigenvalue weighted by molar-refractivity contribution is -0.152. The predicted octanol–water partition coefficient (Wildman–Crippen LogP) is 0.746. The average molecular weight is 254 g/mol. The Bertz CT molecular complexity index is 339. The quantitative estimate of drug-likeness (QED) is 0.694. The van der Waals surface area contributed by atoms with E-state index >= 15 is 0 Å². The minimum atomic E-state index is -0.806. The third-order valence-corrected chi connectivity index (χ3v) is 4.44. The number of carbonyl (C=O) groups excluding carboxylic acids is 1. The van der Waals surface area contributed by atoms with Crippen LogP contribution < -0.4 is 10.6 Å². The molecule has 3 N–H and O–H groups in total. The summed E-state index contributed by atoms with van der Waals surface area (Å²) in [6.45, 7) is 3.34. The van der Waals surface area contributed by atoms with Gasteiger partial charge in [-0.25, -0.2) is 0 Å². The van der Waals surface area contributed by atoms with Crippen LogP contribution >= 0.6 is 0 Å². The van der Waals surface area contributed by atoms with Crippen LogP contribution in [0.4, 0.5) is 0 Å². The first kappa shape index (κ1) is 13.3. The topological polar surface area (TPSA) is 78.4 Å². The van der Waals surface area contributed by atoms with E-state index in [-0.39, 0.29) is 17.9 Å². The molecule has 2 aliphatic rings. The minimum absolute atomic E-state index is 0.00460. The molecule has 3 atom stereocenters. The lowest BCUT2D eigenvalue weighted by Crippen LogP contribution is -2.53. The first-order chi connectivity index (χ1) is 8.54. The lowest BCUT2D eigenvalue weighted by Gasteiger charge is -2.38. The van der Waals surface area contributed by atoms with Gasteiger partial charge in [0.15, 0.2) is 0 Å². The van der Waals surface area contributed by atoms with E-state index in [1.165, 1.54) is 0 Å². The Labute approximate surface area is 107 Å². The SMILES string of the molecule is CC1(C(=O)O)CCCCC1NC(=O)C1CCNC1. The number of hydrogen-bond acceptors (Lipinski definition) is 3. The van der Waals surface area contributed by atoms with Crippen molar-refractivity contribution >= 4 is 11.9 Å². The van der Waals surface area contributed by atoms with E-state index in [0.29, 0.717) is 13.0 Å². The first-order valence-electron chi connectivity index (χ1n) is 6.78. The smallest absolute Gasteiger partial charge is 0.311 e. The molecule has 0 aromatic rings. The van der Waals surface area contributed by atoms with Crippen LogP contribution in [0.25, 0.3) is 0 Å². The maximum Gasteiger partial charge on any atom is 0.311 e. The molecule has 0 spiro atoms. The molecule has 0 aromatic carbocycles. The molecule has 0 aromatic heterocycles. The Morgan fingerprint density at radius 2 is 2.11 bits per heavy atom. The van der Waals surface area contributed by atoms with Crippen LogP contribution in [0, 0.1) is 11.3 Å². The number of aliphatic carboxylic acids is 1. The average Bonchev–Trinajstić information content (AvgIpc) is 2.85. The van der Waals surface area contributed by atoms with Crippen LogP contribution in [-0.2, 0) is 9.59 Å². The van der Waals surface area contributed by atoms with Crippen molar-refractivity contribution in [2.75, 3.05) is 13.1 Å². The number of hydrogen-bond donors (Lipinski definition) is 3. The fourth-order valence-electron chi connectivity index (χ4n) is 2.99. The highest BCUT2D eigenvalue weighted by atomic mass is 16.4. The van der Waals surface area contributed by atoms with E-state index in [1.807, 2.05) is 0 Å². The van der Waals surface area contributed by atoms with Crippen molar-refractivity contribution in [3.8, 4) is 0 Å². The Morgan fingerprint density at radius 1 is 1.33 bits per heavy atom. The maximum absolute atomic E-state index is 12.1. The van der Waals surface area contributed by atoms with E-state index in [1.54, 1.807) is 6.92 Å². The molecule has 102 valence electrons. The first-order valence-corrected chi connectivity index (χ1v) is 6.78. The standard InChI is InChI=1S/C13H22N2O3/c1-13(12(17)18)6-3-2-4-10(13)15-11(16)9-5-7-14-8-9/h9-10,14H,2-8H2,1H3,(H,15,16)(H,17,18). The van der Waals surface area contributed by atoms with Crippen molar-refractivity contribution in [3.63, 3.8) is 0 Å². The molecule has 2 fully saturated rings. The summed E-state index contributed by atoms with van der Waals surface area (Å²) in [5, 5.41) is 15.5. The third kappa shape index (κ3) is 2.51. The van der Waals surface area contributed by atoms with Gasteiger partial charge < -0.3 is 15.7 Å². The van der Waals surface area contributed by atoms with Crippen LogP contribution in [0.2, 0.25) is 0 Å². The Hall–Kier alpha value is -1.10. The number of carboxylic acids is 1. The van der Waals surface area contributed by atoms with Gasteiger partial charge in [0.05, 0.1) is 11.3 Å². The summed E-state index contributed by atoms with van der Waals surface area (Å²) in [7, 11) is 0. The fourth-order valence-corrected chi connectivity index (χ4v) is 2.99. The van der Waals surface area contributed by atoms with Crippen molar-refractivity contribution in [2.24, 2.45) is 11.3 Å². The van der Waals surface area contributed by atoms with Crippen LogP contribution in [-0.4, -0.2) is 36.1 Å². The zero-order valence-corrected chi connectivity index (χ0v) is 10.9. The summed E-state index contributed by atoms with van der Waals surface area (Å²) in [6, 6.07) is -0.225. The second kappa shape index (κ2) is 5.26. The van der Waals surface area contributed by atoms with E-state index in [9.17, 15) is 14.7 Å². The van der Waals surface area contributed by atoms with E-state index in [0.717, 1.165) is 32.2 Å². The molecule has 0 bridgehead atoms. The van der Waals surface area contributed by atoms with Crippen LogP contribution in [0.1, 0.15) is 39.0 Å². The minimum Gasteiger partial charge on any atom is -0.481 e. The van der Waals surface area contributed by atoms with Crippen molar-refractivity contribution in [1.82, 2.24) is 10.6 Å². The van der Waals surface area contributed by atoms with E-state index in [4.69, 9.17) is 0 Å². The predicted molar refractivity (Wildman–Crippen MR) is 67.1 cm³/mol.